The van der Waals surface area contributed by atoms with Crippen LogP contribution in [0, 0.1) is 11.3 Å². The number of carbonyl (C=O) groups excluding carboxylic acids is 1. The van der Waals surface area contributed by atoms with E-state index >= 15 is 0 Å². The van der Waals surface area contributed by atoms with Crippen LogP contribution in [0.2, 0.25) is 5.02 Å². The van der Waals surface area contributed by atoms with E-state index in [0.717, 1.165) is 0 Å². The molecule has 1 rings (SSSR count). The maximum Gasteiger partial charge on any atom is 0.322 e. The number of carboxylic acid groups (broad SMARTS) is 1. The number of anilines is 1. The number of aliphatic carboxylic acids is 1. The zero-order chi connectivity index (χ0) is 16.0. The van der Waals surface area contributed by atoms with Crippen molar-refractivity contribution in [3.05, 3.63) is 28.8 Å². The molecule has 0 saturated heterocycles. The van der Waals surface area contributed by atoms with Crippen LogP contribution in [0.1, 0.15) is 25.8 Å². The van der Waals surface area contributed by atoms with E-state index in [1.165, 1.54) is 17.0 Å². The monoisotopic (exact) mass is 309 g/mol. The molecule has 1 aromatic carbocycles. The fraction of sp³-hybridized carbons (Fsp3) is 0.357. The molecule has 1 atom stereocenters. The molecule has 0 bridgehead atoms. The second-order valence-corrected chi connectivity index (χ2v) is 4.88. The first-order valence-corrected chi connectivity index (χ1v) is 6.75. The first-order valence-electron chi connectivity index (χ1n) is 6.38. The lowest BCUT2D eigenvalue weighted by Gasteiger charge is -2.27. The number of nitrogens with one attached hydrogen (secondary N) is 1. The van der Waals surface area contributed by atoms with Crippen LogP contribution in [0.25, 0.3) is 0 Å². The molecule has 7 heteroatoms. The topological polar surface area (TPSA) is 93.4 Å². The Morgan fingerprint density at radius 1 is 1.52 bits per heavy atom. The van der Waals surface area contributed by atoms with Crippen molar-refractivity contribution in [3.8, 4) is 6.07 Å². The molecule has 2 N–H and O–H groups in total. The highest BCUT2D eigenvalue weighted by atomic mass is 35.5. The predicted molar refractivity (Wildman–Crippen MR) is 79.3 cm³/mol. The van der Waals surface area contributed by atoms with Gasteiger partial charge in [-0.2, -0.15) is 5.26 Å². The van der Waals surface area contributed by atoms with Crippen molar-refractivity contribution in [2.24, 2.45) is 0 Å². The highest BCUT2D eigenvalue weighted by Gasteiger charge is 2.21. The number of urea groups is 1. The summed E-state index contributed by atoms with van der Waals surface area (Å²) in [5.41, 5.74) is 0.693. The Morgan fingerprint density at radius 2 is 2.19 bits per heavy atom. The molecule has 0 radical (unpaired) electrons. The Labute approximate surface area is 127 Å². The maximum atomic E-state index is 12.2. The van der Waals surface area contributed by atoms with Crippen molar-refractivity contribution < 1.29 is 14.7 Å². The number of nitriles is 1. The Morgan fingerprint density at radius 3 is 2.71 bits per heavy atom. The van der Waals surface area contributed by atoms with E-state index in [1.807, 2.05) is 6.07 Å². The van der Waals surface area contributed by atoms with Crippen molar-refractivity contribution in [2.45, 2.75) is 26.3 Å². The van der Waals surface area contributed by atoms with Crippen molar-refractivity contribution in [2.75, 3.05) is 11.9 Å². The third kappa shape index (κ3) is 4.65. The highest BCUT2D eigenvalue weighted by Crippen LogP contribution is 2.23. The van der Waals surface area contributed by atoms with E-state index in [0.29, 0.717) is 22.8 Å². The summed E-state index contributed by atoms with van der Waals surface area (Å²) in [7, 11) is 0. The molecule has 2 amide bonds. The summed E-state index contributed by atoms with van der Waals surface area (Å²) in [4.78, 5) is 24.3. The maximum absolute atomic E-state index is 12.2. The van der Waals surface area contributed by atoms with Crippen molar-refractivity contribution in [1.29, 1.82) is 5.26 Å². The van der Waals surface area contributed by atoms with Gasteiger partial charge in [0.2, 0.25) is 0 Å². The number of nitrogens with zero attached hydrogens (tertiary/aromatic N) is 2. The number of benzene rings is 1. The third-order valence-electron chi connectivity index (χ3n) is 2.94. The number of amides is 2. The summed E-state index contributed by atoms with van der Waals surface area (Å²) >= 11 is 5.97. The summed E-state index contributed by atoms with van der Waals surface area (Å²) in [6, 6.07) is 5.58. The molecule has 0 aliphatic heterocycles. The van der Waals surface area contributed by atoms with E-state index < -0.39 is 18.0 Å². The Bertz CT molecular complexity index is 583. The fourth-order valence-electron chi connectivity index (χ4n) is 1.90. The van der Waals surface area contributed by atoms with Gasteiger partial charge in [-0.05, 0) is 32.0 Å². The number of carboxylic acids is 1. The van der Waals surface area contributed by atoms with E-state index in [9.17, 15) is 9.59 Å². The van der Waals surface area contributed by atoms with Crippen LogP contribution in [-0.2, 0) is 4.79 Å². The van der Waals surface area contributed by atoms with Gasteiger partial charge in [0.1, 0.15) is 0 Å². The van der Waals surface area contributed by atoms with Gasteiger partial charge in [-0.1, -0.05) is 11.6 Å². The summed E-state index contributed by atoms with van der Waals surface area (Å²) in [6.45, 7) is 3.77. The number of hydrogen-bond acceptors (Lipinski definition) is 3. The summed E-state index contributed by atoms with van der Waals surface area (Å²) in [5.74, 6) is -0.974. The zero-order valence-corrected chi connectivity index (χ0v) is 12.5. The molecule has 1 aromatic rings. The van der Waals surface area contributed by atoms with E-state index in [4.69, 9.17) is 22.0 Å². The van der Waals surface area contributed by atoms with Gasteiger partial charge in [0.15, 0.2) is 0 Å². The van der Waals surface area contributed by atoms with Crippen molar-refractivity contribution in [1.82, 2.24) is 4.90 Å². The lowest BCUT2D eigenvalue weighted by atomic mass is 10.2. The summed E-state index contributed by atoms with van der Waals surface area (Å²) in [6.07, 6.45) is -0.146. The second kappa shape index (κ2) is 7.50. The van der Waals surface area contributed by atoms with Crippen LogP contribution >= 0.6 is 11.6 Å². The van der Waals surface area contributed by atoms with Crippen LogP contribution in [0.3, 0.4) is 0 Å². The fourth-order valence-corrected chi connectivity index (χ4v) is 2.06. The minimum atomic E-state index is -0.974. The van der Waals surface area contributed by atoms with E-state index in [2.05, 4.69) is 5.32 Å². The summed E-state index contributed by atoms with van der Waals surface area (Å²) in [5, 5.41) is 20.6. The molecule has 0 aliphatic rings. The quantitative estimate of drug-likeness (QED) is 0.874. The van der Waals surface area contributed by atoms with Gasteiger partial charge in [0.25, 0.3) is 0 Å². The molecule has 1 unspecified atom stereocenters. The molecular weight excluding hydrogens is 294 g/mol. The molecule has 0 spiro atoms. The molecule has 0 heterocycles. The van der Waals surface area contributed by atoms with Crippen LogP contribution in [0.15, 0.2) is 18.2 Å². The second-order valence-electron chi connectivity index (χ2n) is 4.47. The van der Waals surface area contributed by atoms with Crippen molar-refractivity contribution in [3.63, 3.8) is 0 Å². The molecule has 0 saturated carbocycles. The van der Waals surface area contributed by atoms with Gasteiger partial charge in [-0.3, -0.25) is 4.79 Å². The lowest BCUT2D eigenvalue weighted by Crippen LogP contribution is -2.42. The van der Waals surface area contributed by atoms with Gasteiger partial charge in [-0.25, -0.2) is 4.79 Å². The number of halogens is 1. The Balaban J connectivity index is 2.88. The SMILES string of the molecule is CCN(C(=O)Nc1cc(C#N)ccc1Cl)C(C)CC(=O)O. The van der Waals surface area contributed by atoms with Crippen LogP contribution in [0.4, 0.5) is 10.5 Å². The minimum Gasteiger partial charge on any atom is -0.481 e. The highest BCUT2D eigenvalue weighted by molar-refractivity contribution is 6.33. The van der Waals surface area contributed by atoms with Gasteiger partial charge in [0, 0.05) is 12.6 Å². The van der Waals surface area contributed by atoms with Crippen LogP contribution in [0.5, 0.6) is 0 Å². The summed E-state index contributed by atoms with van der Waals surface area (Å²) < 4.78 is 0. The molecule has 6 nitrogen and oxygen atoms in total. The normalized spacial score (nSPS) is 11.3. The smallest absolute Gasteiger partial charge is 0.322 e. The largest absolute Gasteiger partial charge is 0.481 e. The van der Waals surface area contributed by atoms with Gasteiger partial charge >= 0.3 is 12.0 Å². The molecule has 0 fully saturated rings. The number of hydrogen-bond donors (Lipinski definition) is 2. The average Bonchev–Trinajstić information content (AvgIpc) is 2.41. The minimum absolute atomic E-state index is 0.146. The van der Waals surface area contributed by atoms with Crippen molar-refractivity contribution >= 4 is 29.3 Å². The first-order chi connectivity index (χ1) is 9.88. The molecule has 0 aliphatic carbocycles. The Hall–Kier alpha value is -2.26. The lowest BCUT2D eigenvalue weighted by molar-refractivity contribution is -0.137. The Kier molecular flexibility index (Phi) is 6.00. The van der Waals surface area contributed by atoms with Gasteiger partial charge in [0.05, 0.1) is 28.8 Å². The van der Waals surface area contributed by atoms with E-state index in [1.54, 1.807) is 19.9 Å². The van der Waals surface area contributed by atoms with Crippen LogP contribution < -0.4 is 5.32 Å². The van der Waals surface area contributed by atoms with E-state index in [-0.39, 0.29) is 6.42 Å². The molecule has 0 aromatic heterocycles. The predicted octanol–water partition coefficient (Wildman–Crippen LogP) is 2.93. The van der Waals surface area contributed by atoms with Gasteiger partial charge in [-0.15, -0.1) is 0 Å². The number of carbonyl (C=O) groups is 2. The van der Waals surface area contributed by atoms with Crippen LogP contribution in [-0.4, -0.2) is 34.6 Å². The molecule has 112 valence electrons. The number of rotatable bonds is 5. The van der Waals surface area contributed by atoms with Gasteiger partial charge < -0.3 is 15.3 Å². The zero-order valence-electron chi connectivity index (χ0n) is 11.8. The third-order valence-corrected chi connectivity index (χ3v) is 3.27. The molecule has 21 heavy (non-hydrogen) atoms. The first kappa shape index (κ1) is 16.8. The standard InChI is InChI=1S/C14H16ClN3O3/c1-3-18(9(2)6-13(19)20)14(21)17-12-7-10(8-16)4-5-11(12)15/h4-5,7,9H,3,6H2,1-2H3,(H,17,21)(H,19,20). The average molecular weight is 310 g/mol. The molecular formula is C14H16ClN3O3.